The van der Waals surface area contributed by atoms with E-state index in [1.807, 2.05) is 54.6 Å². The Labute approximate surface area is 284 Å². The summed E-state index contributed by atoms with van der Waals surface area (Å²) in [6.07, 6.45) is 0.565. The van der Waals surface area contributed by atoms with Crippen molar-refractivity contribution in [3.8, 4) is 16.9 Å². The number of aryl methyl sites for hydroxylation is 3. The van der Waals surface area contributed by atoms with Crippen molar-refractivity contribution in [2.24, 2.45) is 14.1 Å². The number of nitrogens with zero attached hydrogens (tertiary/aromatic N) is 5. The number of hydrogen-bond acceptors (Lipinski definition) is 6. The Morgan fingerprint density at radius 2 is 1.80 bits per heavy atom. The van der Waals surface area contributed by atoms with E-state index in [-0.39, 0.29) is 10.7 Å². The zero-order chi connectivity index (χ0) is 32.1. The number of aromatic carboxylic acids is 1. The number of carbonyl (C=O) groups is 1. The molecule has 3 aromatic carbocycles. The lowest BCUT2D eigenvalue weighted by Gasteiger charge is -2.14. The van der Waals surface area contributed by atoms with E-state index in [9.17, 15) is 9.90 Å². The molecule has 0 aliphatic carbocycles. The van der Waals surface area contributed by atoms with E-state index in [0.717, 1.165) is 55.5 Å². The Bertz CT molecular complexity index is 2150. The van der Waals surface area contributed by atoms with Crippen molar-refractivity contribution in [1.29, 1.82) is 0 Å². The van der Waals surface area contributed by atoms with Crippen molar-refractivity contribution < 1.29 is 14.6 Å². The van der Waals surface area contributed by atoms with Gasteiger partial charge < -0.3 is 14.4 Å². The lowest BCUT2D eigenvalue weighted by atomic mass is 9.99. The zero-order valence-electron chi connectivity index (χ0n) is 25.5. The molecule has 1 aliphatic heterocycles. The predicted molar refractivity (Wildman–Crippen MR) is 188 cm³/mol. The van der Waals surface area contributed by atoms with Gasteiger partial charge in [0.2, 0.25) is 0 Å². The minimum Gasteiger partial charge on any atom is -0.493 e. The summed E-state index contributed by atoms with van der Waals surface area (Å²) >= 11 is 17.4. The summed E-state index contributed by atoms with van der Waals surface area (Å²) in [6.45, 7) is 2.79. The second kappa shape index (κ2) is 12.6. The maximum atomic E-state index is 12.6. The normalized spacial score (nSPS) is 14.3. The Morgan fingerprint density at radius 3 is 2.63 bits per heavy atom. The molecule has 236 valence electrons. The molecule has 1 N–H and O–H groups in total. The van der Waals surface area contributed by atoms with Crippen molar-refractivity contribution in [3.63, 3.8) is 0 Å². The monoisotopic (exact) mass is 691 g/mol. The number of carboxylic acid groups (broad SMARTS) is 1. The van der Waals surface area contributed by atoms with Crippen LogP contribution in [0.25, 0.3) is 32.8 Å². The first-order valence-electron chi connectivity index (χ1n) is 14.9. The van der Waals surface area contributed by atoms with Crippen LogP contribution in [0.4, 0.5) is 0 Å². The molecule has 1 aliphatic rings. The van der Waals surface area contributed by atoms with E-state index < -0.39 is 5.97 Å². The fourth-order valence-electron chi connectivity index (χ4n) is 6.20. The fourth-order valence-corrected chi connectivity index (χ4v) is 8.66. The van der Waals surface area contributed by atoms with Crippen LogP contribution in [0.5, 0.6) is 5.75 Å². The molecule has 0 amide bonds. The average Bonchev–Trinajstić information content (AvgIpc) is 3.63. The number of ether oxygens (including phenoxy) is 1. The number of benzene rings is 3. The topological polar surface area (TPSA) is 87.1 Å². The van der Waals surface area contributed by atoms with Gasteiger partial charge >= 0.3 is 5.97 Å². The number of rotatable bonds is 1. The van der Waals surface area contributed by atoms with E-state index >= 15 is 0 Å². The van der Waals surface area contributed by atoms with E-state index in [1.165, 1.54) is 0 Å². The second-order valence-corrected chi connectivity index (χ2v) is 14.2. The minimum absolute atomic E-state index is 0.0367. The average molecular weight is 693 g/mol. The van der Waals surface area contributed by atoms with Crippen molar-refractivity contribution in [3.05, 3.63) is 93.1 Å². The van der Waals surface area contributed by atoms with Crippen LogP contribution in [0.15, 0.2) is 59.5 Å². The smallest absolute Gasteiger partial charge is 0.354 e. The third kappa shape index (κ3) is 5.55. The van der Waals surface area contributed by atoms with Gasteiger partial charge in [0.15, 0.2) is 0 Å². The molecule has 6 aromatic rings. The number of hydrogen-bond donors (Lipinski definition) is 1. The van der Waals surface area contributed by atoms with Gasteiger partial charge in [0.1, 0.15) is 11.4 Å². The van der Waals surface area contributed by atoms with Crippen molar-refractivity contribution in [1.82, 2.24) is 24.1 Å². The van der Waals surface area contributed by atoms with Crippen LogP contribution in [-0.2, 0) is 37.9 Å². The van der Waals surface area contributed by atoms with Crippen LogP contribution in [0.3, 0.4) is 0 Å². The number of fused-ring (bicyclic) bond motifs is 8. The maximum Gasteiger partial charge on any atom is 0.354 e. The molecule has 0 spiro atoms. The molecule has 4 heterocycles. The molecule has 8 nitrogen and oxygen atoms in total. The highest BCUT2D eigenvalue weighted by Crippen LogP contribution is 2.45. The maximum absolute atomic E-state index is 12.6. The molecule has 12 heteroatoms. The van der Waals surface area contributed by atoms with Crippen molar-refractivity contribution in [2.75, 3.05) is 6.61 Å². The molecular formula is C34H31Cl2N5O3S2. The molecule has 0 fully saturated rings. The highest BCUT2D eigenvalue weighted by atomic mass is 35.5. The van der Waals surface area contributed by atoms with Gasteiger partial charge in [-0.3, -0.25) is 9.36 Å². The summed E-state index contributed by atoms with van der Waals surface area (Å²) in [5.41, 5.74) is 6.24. The molecule has 0 saturated heterocycles. The van der Waals surface area contributed by atoms with Gasteiger partial charge in [-0.05, 0) is 49.1 Å². The number of aromatic nitrogens is 5. The third-order valence-electron chi connectivity index (χ3n) is 8.46. The SMILES string of the molecule is Cc1c2c(nn1C)CSCc1cc(n(C)n1)CSc1cc(c3ccccc3c1)OCCCn1c(C(=O)O)c(Cl)c3c-2c(Cl)ccc31. The fraction of sp³-hybridized carbons (Fsp3) is 0.265. The number of thioether (sulfide) groups is 2. The summed E-state index contributed by atoms with van der Waals surface area (Å²) in [7, 11) is 3.89. The van der Waals surface area contributed by atoms with E-state index in [1.54, 1.807) is 28.1 Å². The van der Waals surface area contributed by atoms with Gasteiger partial charge in [0.25, 0.3) is 0 Å². The van der Waals surface area contributed by atoms with Crippen LogP contribution < -0.4 is 4.74 Å². The summed E-state index contributed by atoms with van der Waals surface area (Å²) in [5.74, 6) is 1.80. The largest absolute Gasteiger partial charge is 0.493 e. The van der Waals surface area contributed by atoms with Crippen molar-refractivity contribution >= 4 is 74.4 Å². The van der Waals surface area contributed by atoms with Crippen LogP contribution >= 0.6 is 46.7 Å². The molecule has 0 atom stereocenters. The highest BCUT2D eigenvalue weighted by Gasteiger charge is 2.28. The molecule has 8 bridgehead atoms. The molecule has 0 radical (unpaired) electrons. The standard InChI is InChI=1S/C34H31Cl2N5O3S2/c1-19-29-26(38-39(19)2)18-45-16-21-14-22(40(3)37-21)17-46-23-13-20-7-4-5-8-24(20)28(15-23)44-12-6-11-41-27-10-9-25(35)30(29)31(27)32(36)33(41)34(42)43/h4-5,7-10,13-15H,6,11-12,16-18H2,1-3H3,(H,42,43). The molecule has 0 saturated carbocycles. The summed E-state index contributed by atoms with van der Waals surface area (Å²) in [5, 5.41) is 23.4. The van der Waals surface area contributed by atoms with Crippen LogP contribution in [-0.4, -0.2) is 41.8 Å². The van der Waals surface area contributed by atoms with Gasteiger partial charge in [-0.1, -0.05) is 47.5 Å². The quantitative estimate of drug-likeness (QED) is 0.184. The summed E-state index contributed by atoms with van der Waals surface area (Å²) < 4.78 is 12.0. The molecule has 0 unspecified atom stereocenters. The van der Waals surface area contributed by atoms with E-state index in [0.29, 0.717) is 52.6 Å². The van der Waals surface area contributed by atoms with E-state index in [4.69, 9.17) is 38.1 Å². The van der Waals surface area contributed by atoms with Crippen LogP contribution in [0.2, 0.25) is 10.0 Å². The zero-order valence-corrected chi connectivity index (χ0v) is 28.7. The van der Waals surface area contributed by atoms with E-state index in [2.05, 4.69) is 30.3 Å². The molecule has 46 heavy (non-hydrogen) atoms. The Hall–Kier alpha value is -3.57. The number of halogens is 2. The Morgan fingerprint density at radius 1 is 0.978 bits per heavy atom. The highest BCUT2D eigenvalue weighted by molar-refractivity contribution is 7.98. The second-order valence-electron chi connectivity index (χ2n) is 11.3. The summed E-state index contributed by atoms with van der Waals surface area (Å²) in [6, 6.07) is 18.3. The predicted octanol–water partition coefficient (Wildman–Crippen LogP) is 8.75. The van der Waals surface area contributed by atoms with Gasteiger partial charge in [0.05, 0.1) is 28.5 Å². The first-order valence-corrected chi connectivity index (χ1v) is 17.7. The van der Waals surface area contributed by atoms with Gasteiger partial charge in [0, 0.05) is 81.1 Å². The van der Waals surface area contributed by atoms with Crippen LogP contribution in [0.1, 0.15) is 39.7 Å². The van der Waals surface area contributed by atoms with Gasteiger partial charge in [-0.15, -0.1) is 23.5 Å². The minimum atomic E-state index is -1.09. The molecule has 7 rings (SSSR count). The lowest BCUT2D eigenvalue weighted by molar-refractivity contribution is 0.0685. The van der Waals surface area contributed by atoms with Gasteiger partial charge in [-0.25, -0.2) is 4.79 Å². The lowest BCUT2D eigenvalue weighted by Crippen LogP contribution is -2.11. The Balaban J connectivity index is 1.36. The summed E-state index contributed by atoms with van der Waals surface area (Å²) in [4.78, 5) is 13.7. The molecular weight excluding hydrogens is 661 g/mol. The first-order chi connectivity index (χ1) is 22.2. The Kier molecular flexibility index (Phi) is 8.48. The van der Waals surface area contributed by atoms with Crippen molar-refractivity contribution in [2.45, 2.75) is 42.0 Å². The first kappa shape index (κ1) is 31.1. The van der Waals surface area contributed by atoms with Crippen LogP contribution in [0, 0.1) is 6.92 Å². The number of carboxylic acids is 1. The third-order valence-corrected chi connectivity index (χ3v) is 11.1. The van der Waals surface area contributed by atoms with Gasteiger partial charge in [-0.2, -0.15) is 10.2 Å². The molecule has 3 aromatic heterocycles.